The number of ether oxygens (including phenoxy) is 1. The molecule has 0 fully saturated rings. The van der Waals surface area contributed by atoms with E-state index in [1.54, 1.807) is 13.0 Å². The Balaban J connectivity index is 2.14. The minimum absolute atomic E-state index is 0.0755. The molecular formula is C16H15BrF2N2O2. The van der Waals surface area contributed by atoms with Crippen LogP contribution in [0.3, 0.4) is 0 Å². The molecule has 0 spiro atoms. The highest BCUT2D eigenvalue weighted by Crippen LogP contribution is 2.24. The zero-order valence-electron chi connectivity index (χ0n) is 12.3. The molecule has 0 unspecified atom stereocenters. The fourth-order valence-corrected chi connectivity index (χ4v) is 2.39. The van der Waals surface area contributed by atoms with Crippen LogP contribution in [0, 0.1) is 11.6 Å². The van der Waals surface area contributed by atoms with E-state index in [4.69, 9.17) is 10.5 Å². The second kappa shape index (κ2) is 7.41. The van der Waals surface area contributed by atoms with Crippen molar-refractivity contribution >= 4 is 33.3 Å². The van der Waals surface area contributed by atoms with Gasteiger partial charge in [-0.3, -0.25) is 0 Å². The van der Waals surface area contributed by atoms with Crippen LogP contribution in [0.1, 0.15) is 22.8 Å². The zero-order valence-corrected chi connectivity index (χ0v) is 13.9. The molecule has 23 heavy (non-hydrogen) atoms. The van der Waals surface area contributed by atoms with E-state index >= 15 is 0 Å². The Morgan fingerprint density at radius 2 is 1.91 bits per heavy atom. The summed E-state index contributed by atoms with van der Waals surface area (Å²) in [6.45, 7) is 1.90. The Bertz CT molecular complexity index is 715. The molecule has 122 valence electrons. The van der Waals surface area contributed by atoms with Gasteiger partial charge in [0.15, 0.2) is 0 Å². The lowest BCUT2D eigenvalue weighted by Gasteiger charge is -2.12. The number of esters is 1. The van der Waals surface area contributed by atoms with Crippen LogP contribution in [-0.2, 0) is 11.3 Å². The maximum atomic E-state index is 13.8. The molecule has 0 saturated carbocycles. The first-order valence-electron chi connectivity index (χ1n) is 6.86. The van der Waals surface area contributed by atoms with Crippen LogP contribution in [0.5, 0.6) is 0 Å². The zero-order chi connectivity index (χ0) is 17.0. The second-order valence-electron chi connectivity index (χ2n) is 4.72. The van der Waals surface area contributed by atoms with E-state index in [0.717, 1.165) is 0 Å². The summed E-state index contributed by atoms with van der Waals surface area (Å²) in [5.41, 5.74) is 6.83. The summed E-state index contributed by atoms with van der Waals surface area (Å²) in [5, 5.41) is 2.86. The molecule has 0 atom stereocenters. The number of carbonyl (C=O) groups excluding carboxylic acids is 1. The van der Waals surface area contributed by atoms with Gasteiger partial charge in [0.05, 0.1) is 23.5 Å². The summed E-state index contributed by atoms with van der Waals surface area (Å²) < 4.78 is 32.7. The third kappa shape index (κ3) is 4.19. The molecule has 0 aromatic heterocycles. The highest BCUT2D eigenvalue weighted by Gasteiger charge is 2.12. The number of hydrogen-bond acceptors (Lipinski definition) is 4. The summed E-state index contributed by atoms with van der Waals surface area (Å²) in [7, 11) is 0. The predicted octanol–water partition coefficient (Wildman–Crippen LogP) is 4.10. The van der Waals surface area contributed by atoms with Crippen molar-refractivity contribution in [2.24, 2.45) is 0 Å². The predicted molar refractivity (Wildman–Crippen MR) is 88.2 cm³/mol. The van der Waals surface area contributed by atoms with E-state index in [0.29, 0.717) is 15.7 Å². The van der Waals surface area contributed by atoms with Gasteiger partial charge in [0.2, 0.25) is 0 Å². The van der Waals surface area contributed by atoms with E-state index < -0.39 is 17.6 Å². The molecule has 2 aromatic rings. The minimum atomic E-state index is -0.661. The number of anilines is 2. The van der Waals surface area contributed by atoms with Crippen LogP contribution in [0.25, 0.3) is 0 Å². The topological polar surface area (TPSA) is 64.3 Å². The molecule has 0 heterocycles. The standard InChI is InChI=1S/C16H15BrF2N2O2/c1-2-23-16(22)9-3-4-15(14(20)5-9)21-8-11-12(18)6-10(17)7-13(11)19/h3-7,21H,2,8,20H2,1H3. The lowest BCUT2D eigenvalue weighted by atomic mass is 10.1. The minimum Gasteiger partial charge on any atom is -0.462 e. The molecule has 0 aliphatic heterocycles. The molecule has 0 bridgehead atoms. The van der Waals surface area contributed by atoms with Crippen LogP contribution in [-0.4, -0.2) is 12.6 Å². The summed E-state index contributed by atoms with van der Waals surface area (Å²) in [5.74, 6) is -1.80. The molecule has 0 aliphatic rings. The van der Waals surface area contributed by atoms with Crippen molar-refractivity contribution in [3.05, 3.63) is 57.6 Å². The lowest BCUT2D eigenvalue weighted by molar-refractivity contribution is 0.0526. The monoisotopic (exact) mass is 384 g/mol. The van der Waals surface area contributed by atoms with Gasteiger partial charge in [-0.25, -0.2) is 13.6 Å². The number of halogens is 3. The van der Waals surface area contributed by atoms with Crippen molar-refractivity contribution < 1.29 is 18.3 Å². The van der Waals surface area contributed by atoms with Gasteiger partial charge < -0.3 is 15.8 Å². The largest absolute Gasteiger partial charge is 0.462 e. The van der Waals surface area contributed by atoms with Crippen molar-refractivity contribution in [2.75, 3.05) is 17.7 Å². The average molecular weight is 385 g/mol. The van der Waals surface area contributed by atoms with E-state index in [2.05, 4.69) is 21.2 Å². The highest BCUT2D eigenvalue weighted by molar-refractivity contribution is 9.10. The van der Waals surface area contributed by atoms with E-state index in [-0.39, 0.29) is 24.4 Å². The number of nitrogen functional groups attached to an aromatic ring is 1. The quantitative estimate of drug-likeness (QED) is 0.601. The van der Waals surface area contributed by atoms with Crippen molar-refractivity contribution in [1.29, 1.82) is 0 Å². The molecular weight excluding hydrogens is 370 g/mol. The number of nitrogens with two attached hydrogens (primary N) is 1. The molecule has 7 heteroatoms. The first-order valence-corrected chi connectivity index (χ1v) is 7.65. The highest BCUT2D eigenvalue weighted by atomic mass is 79.9. The molecule has 0 saturated heterocycles. The van der Waals surface area contributed by atoms with E-state index in [1.807, 2.05) is 0 Å². The fraction of sp³-hybridized carbons (Fsp3) is 0.188. The summed E-state index contributed by atoms with van der Waals surface area (Å²) in [4.78, 5) is 11.6. The molecule has 0 aliphatic carbocycles. The molecule has 0 amide bonds. The third-order valence-electron chi connectivity index (χ3n) is 3.12. The number of nitrogens with one attached hydrogen (secondary N) is 1. The number of carbonyl (C=O) groups is 1. The number of hydrogen-bond donors (Lipinski definition) is 2. The Kier molecular flexibility index (Phi) is 5.54. The maximum absolute atomic E-state index is 13.8. The Morgan fingerprint density at radius 1 is 1.26 bits per heavy atom. The van der Waals surface area contributed by atoms with E-state index in [9.17, 15) is 13.6 Å². The van der Waals surface area contributed by atoms with Gasteiger partial charge in [-0.15, -0.1) is 0 Å². The normalized spacial score (nSPS) is 10.4. The van der Waals surface area contributed by atoms with Gasteiger partial charge in [0.25, 0.3) is 0 Å². The van der Waals surface area contributed by atoms with Crippen molar-refractivity contribution in [3.63, 3.8) is 0 Å². The fourth-order valence-electron chi connectivity index (χ4n) is 1.99. The van der Waals surface area contributed by atoms with Crippen LogP contribution < -0.4 is 11.1 Å². The van der Waals surface area contributed by atoms with Crippen LogP contribution in [0.2, 0.25) is 0 Å². The van der Waals surface area contributed by atoms with Crippen molar-refractivity contribution in [3.8, 4) is 0 Å². The smallest absolute Gasteiger partial charge is 0.338 e. The third-order valence-corrected chi connectivity index (χ3v) is 3.58. The summed E-state index contributed by atoms with van der Waals surface area (Å²) >= 11 is 3.02. The van der Waals surface area contributed by atoms with Crippen LogP contribution in [0.4, 0.5) is 20.2 Å². The van der Waals surface area contributed by atoms with Gasteiger partial charge in [-0.05, 0) is 37.3 Å². The van der Waals surface area contributed by atoms with Crippen molar-refractivity contribution in [2.45, 2.75) is 13.5 Å². The molecule has 4 nitrogen and oxygen atoms in total. The number of rotatable bonds is 5. The summed E-state index contributed by atoms with van der Waals surface area (Å²) in [6, 6.07) is 6.93. The SMILES string of the molecule is CCOC(=O)c1ccc(NCc2c(F)cc(Br)cc2F)c(N)c1. The van der Waals surface area contributed by atoms with Gasteiger partial charge in [0.1, 0.15) is 11.6 Å². The van der Waals surface area contributed by atoms with Crippen molar-refractivity contribution in [1.82, 2.24) is 0 Å². The second-order valence-corrected chi connectivity index (χ2v) is 5.64. The summed E-state index contributed by atoms with van der Waals surface area (Å²) in [6.07, 6.45) is 0. The Labute approximate surface area is 140 Å². The van der Waals surface area contributed by atoms with Gasteiger partial charge in [-0.1, -0.05) is 15.9 Å². The Hall–Kier alpha value is -2.15. The van der Waals surface area contributed by atoms with Crippen LogP contribution in [0.15, 0.2) is 34.8 Å². The van der Waals surface area contributed by atoms with Gasteiger partial charge in [-0.2, -0.15) is 0 Å². The molecule has 2 aromatic carbocycles. The Morgan fingerprint density at radius 3 is 2.48 bits per heavy atom. The average Bonchev–Trinajstić information content (AvgIpc) is 2.47. The van der Waals surface area contributed by atoms with Crippen LogP contribution >= 0.6 is 15.9 Å². The first-order chi connectivity index (χ1) is 10.9. The van der Waals surface area contributed by atoms with Gasteiger partial charge >= 0.3 is 5.97 Å². The number of benzene rings is 2. The lowest BCUT2D eigenvalue weighted by Crippen LogP contribution is -2.09. The molecule has 2 rings (SSSR count). The van der Waals surface area contributed by atoms with Gasteiger partial charge in [0, 0.05) is 16.6 Å². The van der Waals surface area contributed by atoms with E-state index in [1.165, 1.54) is 24.3 Å². The first kappa shape index (κ1) is 17.2. The molecule has 3 N–H and O–H groups in total. The molecule has 0 radical (unpaired) electrons. The maximum Gasteiger partial charge on any atom is 0.338 e.